The van der Waals surface area contributed by atoms with Crippen LogP contribution in [0.1, 0.15) is 59.0 Å². The van der Waals surface area contributed by atoms with Gasteiger partial charge in [0.1, 0.15) is 6.17 Å². The van der Waals surface area contributed by atoms with Gasteiger partial charge in [-0.2, -0.15) is 5.10 Å². The summed E-state index contributed by atoms with van der Waals surface area (Å²) in [6, 6.07) is 2.00. The third kappa shape index (κ3) is 2.90. The van der Waals surface area contributed by atoms with Gasteiger partial charge in [-0.15, -0.1) is 0 Å². The number of halogens is 1. The van der Waals surface area contributed by atoms with Crippen LogP contribution >= 0.6 is 0 Å². The van der Waals surface area contributed by atoms with Crippen LogP contribution < -0.4 is 0 Å². The average Bonchev–Trinajstić information content (AvgIpc) is 2.79. The smallest absolute Gasteiger partial charge is 0.136 e. The Balaban J connectivity index is 2.48. The molecule has 0 radical (unpaired) electrons. The molecule has 0 bridgehead atoms. The topological polar surface area (TPSA) is 21.1 Å². The number of rotatable bonds is 1. The van der Waals surface area contributed by atoms with E-state index in [1.54, 1.807) is 0 Å². The lowest BCUT2D eigenvalue weighted by molar-refractivity contribution is 0.256. The number of likely N-dealkylation sites (tertiary alicyclic amines) is 1. The molecule has 20 heavy (non-hydrogen) atoms. The third-order valence-corrected chi connectivity index (χ3v) is 3.99. The van der Waals surface area contributed by atoms with Crippen molar-refractivity contribution in [2.75, 3.05) is 20.1 Å². The first-order chi connectivity index (χ1) is 9.00. The van der Waals surface area contributed by atoms with E-state index in [1.165, 1.54) is 0 Å². The Kier molecular flexibility index (Phi) is 3.74. The maximum Gasteiger partial charge on any atom is 0.136 e. The van der Waals surface area contributed by atoms with E-state index in [-0.39, 0.29) is 16.9 Å². The summed E-state index contributed by atoms with van der Waals surface area (Å²) in [7, 11) is 1.97. The highest BCUT2D eigenvalue weighted by Gasteiger charge is 2.37. The van der Waals surface area contributed by atoms with Crippen LogP contribution in [0.5, 0.6) is 0 Å². The van der Waals surface area contributed by atoms with Crippen molar-refractivity contribution < 1.29 is 4.39 Å². The Morgan fingerprint density at radius 2 is 1.70 bits per heavy atom. The molecule has 2 unspecified atom stereocenters. The largest absolute Gasteiger partial charge is 0.301 e. The highest BCUT2D eigenvalue weighted by Crippen LogP contribution is 2.33. The highest BCUT2D eigenvalue weighted by molar-refractivity contribution is 5.24. The van der Waals surface area contributed by atoms with E-state index in [4.69, 9.17) is 5.10 Å². The maximum absolute atomic E-state index is 14.3. The SMILES string of the molecule is CN1CC(F)C(n2nc(C(C)(C)C)cc2C(C)(C)C)C1. The molecule has 1 aromatic heterocycles. The third-order valence-electron chi connectivity index (χ3n) is 3.99. The fraction of sp³-hybridized carbons (Fsp3) is 0.812. The molecule has 1 aliphatic heterocycles. The molecule has 4 heteroatoms. The summed E-state index contributed by atoms with van der Waals surface area (Å²) in [6.45, 7) is 14.2. The molecule has 114 valence electrons. The Labute approximate surface area is 122 Å². The summed E-state index contributed by atoms with van der Waals surface area (Å²) in [5, 5.41) is 4.76. The molecule has 2 heterocycles. The summed E-state index contributed by atoms with van der Waals surface area (Å²) in [5.41, 5.74) is 2.13. The van der Waals surface area contributed by atoms with Gasteiger partial charge in [0.15, 0.2) is 0 Å². The van der Waals surface area contributed by atoms with Crippen molar-refractivity contribution in [2.24, 2.45) is 0 Å². The predicted octanol–water partition coefficient (Wildman–Crippen LogP) is 3.30. The van der Waals surface area contributed by atoms with Gasteiger partial charge in [-0.1, -0.05) is 41.5 Å². The van der Waals surface area contributed by atoms with Crippen LogP contribution in [-0.4, -0.2) is 41.0 Å². The minimum Gasteiger partial charge on any atom is -0.301 e. The molecule has 0 saturated carbocycles. The molecule has 0 aromatic carbocycles. The molecular weight excluding hydrogens is 253 g/mol. The standard InChI is InChI=1S/C16H28FN3/c1-15(2,3)13-8-14(16(4,5)6)20(18-13)12-10-19(7)9-11(12)17/h8,11-12H,9-10H2,1-7H3. The minimum atomic E-state index is -0.839. The predicted molar refractivity (Wildman–Crippen MR) is 81.1 cm³/mol. The van der Waals surface area contributed by atoms with Crippen LogP contribution in [0.2, 0.25) is 0 Å². The van der Waals surface area contributed by atoms with Crippen molar-refractivity contribution in [2.45, 2.75) is 64.6 Å². The van der Waals surface area contributed by atoms with E-state index < -0.39 is 6.17 Å². The summed E-state index contributed by atoms with van der Waals surface area (Å²) in [5.74, 6) is 0. The van der Waals surface area contributed by atoms with Gasteiger partial charge in [0.25, 0.3) is 0 Å². The lowest BCUT2D eigenvalue weighted by Gasteiger charge is -2.24. The fourth-order valence-electron chi connectivity index (χ4n) is 2.73. The Morgan fingerprint density at radius 1 is 1.10 bits per heavy atom. The zero-order valence-corrected chi connectivity index (χ0v) is 13.9. The Bertz CT molecular complexity index is 479. The molecule has 0 spiro atoms. The van der Waals surface area contributed by atoms with Crippen LogP contribution in [0, 0.1) is 0 Å². The molecule has 2 atom stereocenters. The molecule has 1 fully saturated rings. The highest BCUT2D eigenvalue weighted by atomic mass is 19.1. The van der Waals surface area contributed by atoms with Gasteiger partial charge in [-0.05, 0) is 13.1 Å². The van der Waals surface area contributed by atoms with Crippen LogP contribution in [0.4, 0.5) is 4.39 Å². The first-order valence-electron chi connectivity index (χ1n) is 7.43. The quantitative estimate of drug-likeness (QED) is 0.787. The fourth-order valence-corrected chi connectivity index (χ4v) is 2.73. The number of hydrogen-bond acceptors (Lipinski definition) is 2. The number of nitrogens with zero attached hydrogens (tertiary/aromatic N) is 3. The van der Waals surface area contributed by atoms with Crippen LogP contribution in [0.3, 0.4) is 0 Å². The van der Waals surface area contributed by atoms with Gasteiger partial charge in [0.2, 0.25) is 0 Å². The van der Waals surface area contributed by atoms with Gasteiger partial charge in [-0.25, -0.2) is 4.39 Å². The Morgan fingerprint density at radius 3 is 2.10 bits per heavy atom. The number of aromatic nitrogens is 2. The molecule has 1 saturated heterocycles. The van der Waals surface area contributed by atoms with Gasteiger partial charge in [0.05, 0.1) is 11.7 Å². The van der Waals surface area contributed by atoms with Crippen molar-refractivity contribution in [3.05, 3.63) is 17.5 Å². The van der Waals surface area contributed by atoms with Crippen LogP contribution in [0.15, 0.2) is 6.07 Å². The Hall–Kier alpha value is -0.900. The summed E-state index contributed by atoms with van der Waals surface area (Å²) >= 11 is 0. The number of likely N-dealkylation sites (N-methyl/N-ethyl adjacent to an activating group) is 1. The van der Waals surface area contributed by atoms with E-state index in [0.717, 1.165) is 17.9 Å². The zero-order valence-electron chi connectivity index (χ0n) is 13.9. The zero-order chi connectivity index (χ0) is 15.3. The van der Waals surface area contributed by atoms with Crippen LogP contribution in [0.25, 0.3) is 0 Å². The summed E-state index contributed by atoms with van der Waals surface area (Å²) in [4.78, 5) is 2.04. The average molecular weight is 281 g/mol. The molecule has 2 rings (SSSR count). The van der Waals surface area contributed by atoms with Crippen molar-refractivity contribution >= 4 is 0 Å². The second kappa shape index (κ2) is 4.83. The number of alkyl halides is 1. The first kappa shape index (κ1) is 15.5. The second-order valence-electron chi connectivity index (χ2n) is 8.16. The maximum atomic E-state index is 14.3. The van der Waals surface area contributed by atoms with E-state index in [2.05, 4.69) is 47.6 Å². The number of hydrogen-bond donors (Lipinski definition) is 0. The molecule has 3 nitrogen and oxygen atoms in total. The van der Waals surface area contributed by atoms with Crippen LogP contribution in [-0.2, 0) is 10.8 Å². The van der Waals surface area contributed by atoms with Crippen molar-refractivity contribution in [3.63, 3.8) is 0 Å². The van der Waals surface area contributed by atoms with Gasteiger partial charge >= 0.3 is 0 Å². The van der Waals surface area contributed by atoms with E-state index in [9.17, 15) is 4.39 Å². The molecule has 1 aliphatic rings. The molecule has 0 N–H and O–H groups in total. The van der Waals surface area contributed by atoms with Gasteiger partial charge in [-0.3, -0.25) is 4.68 Å². The second-order valence-corrected chi connectivity index (χ2v) is 8.16. The van der Waals surface area contributed by atoms with E-state index in [0.29, 0.717) is 6.54 Å². The van der Waals surface area contributed by atoms with Crippen molar-refractivity contribution in [1.82, 2.24) is 14.7 Å². The van der Waals surface area contributed by atoms with Gasteiger partial charge < -0.3 is 4.90 Å². The van der Waals surface area contributed by atoms with Gasteiger partial charge in [0, 0.05) is 29.6 Å². The molecule has 1 aromatic rings. The van der Waals surface area contributed by atoms with Crippen molar-refractivity contribution in [3.8, 4) is 0 Å². The van der Waals surface area contributed by atoms with Crippen molar-refractivity contribution in [1.29, 1.82) is 0 Å². The monoisotopic (exact) mass is 281 g/mol. The first-order valence-corrected chi connectivity index (χ1v) is 7.43. The van der Waals surface area contributed by atoms with E-state index >= 15 is 0 Å². The summed E-state index contributed by atoms with van der Waals surface area (Å²) in [6.07, 6.45) is -0.839. The summed E-state index contributed by atoms with van der Waals surface area (Å²) < 4.78 is 16.2. The normalized spacial score (nSPS) is 25.4. The lowest BCUT2D eigenvalue weighted by Crippen LogP contribution is -2.27. The molecule has 0 amide bonds. The molecular formula is C16H28FN3. The minimum absolute atomic E-state index is 0.0123. The lowest BCUT2D eigenvalue weighted by atomic mass is 9.87. The van der Waals surface area contributed by atoms with E-state index in [1.807, 2.05) is 16.6 Å². The molecule has 0 aliphatic carbocycles.